The molecule has 1 fully saturated rings. The van der Waals surface area contributed by atoms with E-state index in [-0.39, 0.29) is 16.0 Å². The maximum Gasteiger partial charge on any atom is 0.198 e. The van der Waals surface area contributed by atoms with Crippen molar-refractivity contribution in [1.82, 2.24) is 0 Å². The first-order valence-electron chi connectivity index (χ1n) is 5.54. The minimum Gasteiger partial charge on any atom is -0.504 e. The third kappa shape index (κ3) is 2.02. The van der Waals surface area contributed by atoms with Crippen molar-refractivity contribution in [2.24, 2.45) is 5.73 Å². The first kappa shape index (κ1) is 12.6. The van der Waals surface area contributed by atoms with Gasteiger partial charge in [0.25, 0.3) is 0 Å². The van der Waals surface area contributed by atoms with Gasteiger partial charge in [0.05, 0.1) is 11.6 Å². The van der Waals surface area contributed by atoms with Gasteiger partial charge in [0.1, 0.15) is 0 Å². The molecule has 94 valence electrons. The summed E-state index contributed by atoms with van der Waals surface area (Å²) >= 11 is 3.12. The van der Waals surface area contributed by atoms with Crippen molar-refractivity contribution in [3.05, 3.63) is 21.9 Å². The molecule has 2 rings (SSSR count). The number of halogens is 2. The second-order valence-electron chi connectivity index (χ2n) is 4.47. The Hall–Kier alpha value is -0.810. The van der Waals surface area contributed by atoms with E-state index in [1.807, 2.05) is 0 Å². The average Bonchev–Trinajstić information content (AvgIpc) is 2.72. The van der Waals surface area contributed by atoms with E-state index in [1.54, 1.807) is 6.07 Å². The predicted octanol–water partition coefficient (Wildman–Crippen LogP) is 3.03. The van der Waals surface area contributed by atoms with Crippen molar-refractivity contribution in [2.75, 3.05) is 7.11 Å². The minimum atomic E-state index is -0.602. The predicted molar refractivity (Wildman–Crippen MR) is 66.7 cm³/mol. The number of hydrogen-bond donors (Lipinski definition) is 2. The van der Waals surface area contributed by atoms with Crippen LogP contribution in [0.2, 0.25) is 0 Å². The summed E-state index contributed by atoms with van der Waals surface area (Å²) in [6.07, 6.45) is 3.63. The van der Waals surface area contributed by atoms with Crippen LogP contribution < -0.4 is 10.5 Å². The Bertz CT molecular complexity index is 445. The molecule has 3 N–H and O–H groups in total. The SMILES string of the molecule is COc1c(O)c(C2(N)CCCC2)cc(Br)c1F. The maximum atomic E-state index is 13.7. The maximum absolute atomic E-state index is 13.7. The average molecular weight is 304 g/mol. The Kier molecular flexibility index (Phi) is 3.32. The highest BCUT2D eigenvalue weighted by Gasteiger charge is 2.35. The summed E-state index contributed by atoms with van der Waals surface area (Å²) in [4.78, 5) is 0. The van der Waals surface area contributed by atoms with Crippen LogP contribution in [0.5, 0.6) is 11.5 Å². The molecule has 17 heavy (non-hydrogen) atoms. The van der Waals surface area contributed by atoms with Gasteiger partial charge in [0.15, 0.2) is 17.3 Å². The van der Waals surface area contributed by atoms with Crippen molar-refractivity contribution in [3.63, 3.8) is 0 Å². The number of nitrogens with two attached hydrogens (primary N) is 1. The van der Waals surface area contributed by atoms with Crippen LogP contribution >= 0.6 is 15.9 Å². The highest BCUT2D eigenvalue weighted by Crippen LogP contribution is 2.46. The highest BCUT2D eigenvalue weighted by atomic mass is 79.9. The Morgan fingerprint density at radius 2 is 2.06 bits per heavy atom. The third-order valence-corrected chi connectivity index (χ3v) is 3.96. The second-order valence-corrected chi connectivity index (χ2v) is 5.32. The second kappa shape index (κ2) is 4.46. The molecule has 1 aromatic carbocycles. The number of ether oxygens (including phenoxy) is 1. The molecule has 0 heterocycles. The zero-order chi connectivity index (χ0) is 12.6. The van der Waals surface area contributed by atoms with Crippen molar-refractivity contribution in [3.8, 4) is 11.5 Å². The van der Waals surface area contributed by atoms with Crippen LogP contribution in [-0.2, 0) is 5.54 Å². The van der Waals surface area contributed by atoms with Gasteiger partial charge in [-0.25, -0.2) is 4.39 Å². The topological polar surface area (TPSA) is 55.5 Å². The molecule has 1 saturated carbocycles. The van der Waals surface area contributed by atoms with E-state index >= 15 is 0 Å². The molecule has 0 spiro atoms. The van der Waals surface area contributed by atoms with Gasteiger partial charge in [-0.1, -0.05) is 12.8 Å². The molecule has 0 aliphatic heterocycles. The number of hydrogen-bond acceptors (Lipinski definition) is 3. The molecule has 0 unspecified atom stereocenters. The minimum absolute atomic E-state index is 0.147. The van der Waals surface area contributed by atoms with Gasteiger partial charge in [0, 0.05) is 11.1 Å². The smallest absolute Gasteiger partial charge is 0.198 e. The summed E-state index contributed by atoms with van der Waals surface area (Å²) < 4.78 is 18.8. The van der Waals surface area contributed by atoms with Crippen molar-refractivity contribution in [1.29, 1.82) is 0 Å². The summed E-state index contributed by atoms with van der Waals surface area (Å²) in [5.74, 6) is -0.931. The Morgan fingerprint density at radius 3 is 2.59 bits per heavy atom. The highest BCUT2D eigenvalue weighted by molar-refractivity contribution is 9.10. The molecule has 3 nitrogen and oxygen atoms in total. The molecule has 1 aromatic rings. The van der Waals surface area contributed by atoms with Gasteiger partial charge in [-0.3, -0.25) is 0 Å². The van der Waals surface area contributed by atoms with E-state index in [1.165, 1.54) is 7.11 Å². The summed E-state index contributed by atoms with van der Waals surface area (Å²) in [6.45, 7) is 0. The van der Waals surface area contributed by atoms with Crippen LogP contribution in [0.1, 0.15) is 31.2 Å². The van der Waals surface area contributed by atoms with Crippen LogP contribution in [0.25, 0.3) is 0 Å². The molecular formula is C12H15BrFNO2. The van der Waals surface area contributed by atoms with E-state index in [0.717, 1.165) is 25.7 Å². The lowest BCUT2D eigenvalue weighted by molar-refractivity contribution is 0.336. The van der Waals surface area contributed by atoms with Crippen LogP contribution in [0, 0.1) is 5.82 Å². The fourth-order valence-electron chi connectivity index (χ4n) is 2.43. The largest absolute Gasteiger partial charge is 0.504 e. The fourth-order valence-corrected chi connectivity index (χ4v) is 2.84. The molecular weight excluding hydrogens is 289 g/mol. The molecule has 0 bridgehead atoms. The van der Waals surface area contributed by atoms with Crippen molar-refractivity contribution < 1.29 is 14.2 Å². The number of phenols is 1. The van der Waals surface area contributed by atoms with Gasteiger partial charge in [-0.05, 0) is 34.8 Å². The Balaban J connectivity index is 2.58. The van der Waals surface area contributed by atoms with Crippen LogP contribution in [0.4, 0.5) is 4.39 Å². The number of rotatable bonds is 2. The number of benzene rings is 1. The molecule has 0 saturated heterocycles. The molecule has 0 atom stereocenters. The number of aromatic hydroxyl groups is 1. The van der Waals surface area contributed by atoms with Gasteiger partial charge in [0.2, 0.25) is 0 Å². The first-order valence-corrected chi connectivity index (χ1v) is 6.33. The molecule has 1 aliphatic rings. The zero-order valence-corrected chi connectivity index (χ0v) is 11.2. The van der Waals surface area contributed by atoms with Crippen LogP contribution in [0.15, 0.2) is 10.5 Å². The normalized spacial score (nSPS) is 18.4. The number of phenolic OH excluding ortho intramolecular Hbond substituents is 1. The van der Waals surface area contributed by atoms with Crippen molar-refractivity contribution >= 4 is 15.9 Å². The molecule has 0 aromatic heterocycles. The van der Waals surface area contributed by atoms with Crippen LogP contribution in [-0.4, -0.2) is 12.2 Å². The summed E-state index contributed by atoms with van der Waals surface area (Å²) in [5.41, 5.74) is 6.24. The zero-order valence-electron chi connectivity index (χ0n) is 9.59. The lowest BCUT2D eigenvalue weighted by atomic mass is 9.88. The van der Waals surface area contributed by atoms with E-state index < -0.39 is 11.4 Å². The van der Waals surface area contributed by atoms with Gasteiger partial charge in [-0.15, -0.1) is 0 Å². The van der Waals surface area contributed by atoms with Gasteiger partial charge < -0.3 is 15.6 Å². The summed E-state index contributed by atoms with van der Waals surface area (Å²) in [6, 6.07) is 1.55. The summed E-state index contributed by atoms with van der Waals surface area (Å²) in [5, 5.41) is 10.1. The Labute approximate surface area is 108 Å². The molecule has 0 amide bonds. The van der Waals surface area contributed by atoms with E-state index in [4.69, 9.17) is 10.5 Å². The van der Waals surface area contributed by atoms with E-state index in [9.17, 15) is 9.50 Å². The quantitative estimate of drug-likeness (QED) is 0.883. The van der Waals surface area contributed by atoms with Crippen LogP contribution in [0.3, 0.4) is 0 Å². The lowest BCUT2D eigenvalue weighted by Crippen LogP contribution is -2.33. The van der Waals surface area contributed by atoms with Gasteiger partial charge in [-0.2, -0.15) is 0 Å². The first-order chi connectivity index (χ1) is 7.99. The molecule has 1 aliphatic carbocycles. The van der Waals surface area contributed by atoms with E-state index in [0.29, 0.717) is 5.56 Å². The third-order valence-electron chi connectivity index (χ3n) is 3.39. The molecule has 0 radical (unpaired) electrons. The summed E-state index contributed by atoms with van der Waals surface area (Å²) in [7, 11) is 1.33. The monoisotopic (exact) mass is 303 g/mol. The standard InChI is InChI=1S/C12H15BrFNO2/c1-17-11-9(14)8(13)6-7(10(11)16)12(15)4-2-3-5-12/h6,16H,2-5,15H2,1H3. The number of methoxy groups -OCH3 is 1. The fraction of sp³-hybridized carbons (Fsp3) is 0.500. The molecule has 5 heteroatoms. The Morgan fingerprint density at radius 1 is 1.47 bits per heavy atom. The van der Waals surface area contributed by atoms with Crippen molar-refractivity contribution in [2.45, 2.75) is 31.2 Å². The van der Waals surface area contributed by atoms with Gasteiger partial charge >= 0.3 is 0 Å². The van der Waals surface area contributed by atoms with E-state index in [2.05, 4.69) is 15.9 Å². The lowest BCUT2D eigenvalue weighted by Gasteiger charge is -2.26.